The number of carbonyl (C=O) groups is 1. The maximum atomic E-state index is 13.0. The molecule has 0 bridgehead atoms. The van der Waals surface area contributed by atoms with Crippen LogP contribution in [0.5, 0.6) is 0 Å². The number of thiazole rings is 1. The molecular weight excluding hydrogens is 543 g/mol. The Labute approximate surface area is 232 Å². The first-order valence-electron chi connectivity index (χ1n) is 12.8. The molecule has 1 aliphatic carbocycles. The predicted molar refractivity (Wildman–Crippen MR) is 144 cm³/mol. The smallest absolute Gasteiger partial charge is 0.383 e. The van der Waals surface area contributed by atoms with E-state index in [1.54, 1.807) is 30.7 Å². The summed E-state index contributed by atoms with van der Waals surface area (Å²) in [7, 11) is 0. The summed E-state index contributed by atoms with van der Waals surface area (Å²) in [6.07, 6.45) is 4.88. The summed E-state index contributed by atoms with van der Waals surface area (Å²) in [6, 6.07) is 6.33. The molecule has 4 aromatic rings. The van der Waals surface area contributed by atoms with Crippen molar-refractivity contribution in [3.05, 3.63) is 70.9 Å². The first kappa shape index (κ1) is 27.7. The van der Waals surface area contributed by atoms with Crippen molar-refractivity contribution in [2.45, 2.75) is 63.3 Å². The third kappa shape index (κ3) is 6.65. The Balaban J connectivity index is 1.22. The fourth-order valence-electron chi connectivity index (χ4n) is 4.75. The van der Waals surface area contributed by atoms with E-state index in [9.17, 15) is 23.1 Å². The van der Waals surface area contributed by atoms with Crippen LogP contribution in [0, 0.1) is 6.92 Å². The van der Waals surface area contributed by atoms with Crippen molar-refractivity contribution in [2.75, 3.05) is 5.32 Å². The molecule has 9 nitrogen and oxygen atoms in total. The van der Waals surface area contributed by atoms with Crippen molar-refractivity contribution >= 4 is 28.9 Å². The van der Waals surface area contributed by atoms with E-state index in [1.807, 2.05) is 13.0 Å². The topological polar surface area (TPSA) is 129 Å². The Hall–Kier alpha value is -3.84. The lowest BCUT2D eigenvalue weighted by atomic mass is 9.82. The third-order valence-electron chi connectivity index (χ3n) is 6.84. The second-order valence-corrected chi connectivity index (χ2v) is 11.0. The summed E-state index contributed by atoms with van der Waals surface area (Å²) in [5.41, 5.74) is 1.09. The van der Waals surface area contributed by atoms with E-state index >= 15 is 0 Å². The number of rotatable bonds is 8. The van der Waals surface area contributed by atoms with Crippen molar-refractivity contribution in [1.29, 1.82) is 0 Å². The molecule has 0 radical (unpaired) electrons. The lowest BCUT2D eigenvalue weighted by molar-refractivity contribution is -0.141. The maximum Gasteiger partial charge on any atom is 0.433 e. The number of H-pyrrole nitrogens is 1. The number of nitrogens with zero attached hydrogens (tertiary/aromatic N) is 4. The molecule has 40 heavy (non-hydrogen) atoms. The molecule has 3 aromatic heterocycles. The number of aryl methyl sites for hydroxylation is 2. The third-order valence-corrected chi connectivity index (χ3v) is 8.08. The van der Waals surface area contributed by atoms with Crippen LogP contribution in [0.25, 0.3) is 10.4 Å². The fraction of sp³-hybridized carbons (Fsp3) is 0.370. The number of amides is 1. The van der Waals surface area contributed by atoms with E-state index in [-0.39, 0.29) is 17.9 Å². The van der Waals surface area contributed by atoms with Gasteiger partial charge in [-0.15, -0.1) is 11.3 Å². The second-order valence-electron chi connectivity index (χ2n) is 9.99. The highest BCUT2D eigenvalue weighted by molar-refractivity contribution is 7.15. The molecular formula is C27H28F3N7O2S. The molecule has 3 heterocycles. The van der Waals surface area contributed by atoms with Crippen LogP contribution in [0.15, 0.2) is 49.1 Å². The molecule has 210 valence electrons. The number of aliphatic hydroxyl groups is 1. The van der Waals surface area contributed by atoms with Crippen LogP contribution < -0.4 is 10.6 Å². The molecule has 13 heteroatoms. The van der Waals surface area contributed by atoms with Gasteiger partial charge in [0, 0.05) is 36.7 Å². The molecule has 0 unspecified atom stereocenters. The highest BCUT2D eigenvalue weighted by Crippen LogP contribution is 2.41. The van der Waals surface area contributed by atoms with Crippen LogP contribution in [-0.4, -0.2) is 42.2 Å². The van der Waals surface area contributed by atoms with E-state index in [1.165, 1.54) is 11.3 Å². The molecule has 0 atom stereocenters. The number of benzene rings is 1. The number of aromatic amines is 1. The van der Waals surface area contributed by atoms with Crippen molar-refractivity contribution in [2.24, 2.45) is 0 Å². The van der Waals surface area contributed by atoms with Gasteiger partial charge < -0.3 is 15.7 Å². The lowest BCUT2D eigenvalue weighted by Gasteiger charge is -2.34. The summed E-state index contributed by atoms with van der Waals surface area (Å²) in [6.45, 7) is 1.88. The molecule has 0 aliphatic heterocycles. The van der Waals surface area contributed by atoms with Gasteiger partial charge in [0.05, 0.1) is 11.1 Å². The van der Waals surface area contributed by atoms with Crippen molar-refractivity contribution in [3.63, 3.8) is 0 Å². The van der Waals surface area contributed by atoms with Gasteiger partial charge in [0.25, 0.3) is 0 Å². The molecule has 1 amide bonds. The van der Waals surface area contributed by atoms with Gasteiger partial charge in [-0.25, -0.2) is 15.0 Å². The van der Waals surface area contributed by atoms with Gasteiger partial charge in [0.2, 0.25) is 11.9 Å². The van der Waals surface area contributed by atoms with Gasteiger partial charge in [-0.2, -0.15) is 18.3 Å². The predicted octanol–water partition coefficient (Wildman–Crippen LogP) is 5.27. The minimum Gasteiger partial charge on any atom is -0.383 e. The van der Waals surface area contributed by atoms with Gasteiger partial charge in [-0.1, -0.05) is 6.07 Å². The average Bonchev–Trinajstić information content (AvgIpc) is 3.62. The number of hydrogen-bond acceptors (Lipinski definition) is 8. The maximum absolute atomic E-state index is 13.0. The molecule has 4 N–H and O–H groups in total. The van der Waals surface area contributed by atoms with Crippen molar-refractivity contribution < 1.29 is 23.1 Å². The Kier molecular flexibility index (Phi) is 7.86. The van der Waals surface area contributed by atoms with Crippen LogP contribution >= 0.6 is 11.3 Å². The fourth-order valence-corrected chi connectivity index (χ4v) is 5.80. The van der Waals surface area contributed by atoms with Crippen LogP contribution in [0.2, 0.25) is 0 Å². The Morgan fingerprint density at radius 1 is 1.20 bits per heavy atom. The van der Waals surface area contributed by atoms with E-state index in [0.29, 0.717) is 49.2 Å². The Morgan fingerprint density at radius 3 is 2.73 bits per heavy atom. The van der Waals surface area contributed by atoms with Crippen molar-refractivity contribution in [1.82, 2.24) is 30.5 Å². The molecule has 1 saturated carbocycles. The molecule has 1 fully saturated rings. The number of halogens is 3. The molecule has 0 spiro atoms. The largest absolute Gasteiger partial charge is 0.433 e. The average molecular weight is 572 g/mol. The van der Waals surface area contributed by atoms with E-state index < -0.39 is 17.5 Å². The van der Waals surface area contributed by atoms with Crippen LogP contribution in [0.4, 0.5) is 24.8 Å². The summed E-state index contributed by atoms with van der Waals surface area (Å²) in [5, 5.41) is 24.5. The van der Waals surface area contributed by atoms with Gasteiger partial charge in [-0.05, 0) is 73.9 Å². The second kappa shape index (κ2) is 11.3. The SMILES string of the molecule is Cc1cc(Nc2nccc(C(F)(F)F)n2)cc(-c2cnc([C@]3(O)CC[C@@H](NC(=O)CCc4cn[nH]c4)CC3)s2)c1. The minimum atomic E-state index is -4.57. The zero-order chi connectivity index (χ0) is 28.3. The van der Waals surface area contributed by atoms with Crippen LogP contribution in [-0.2, 0) is 23.0 Å². The van der Waals surface area contributed by atoms with Gasteiger partial charge >= 0.3 is 6.18 Å². The lowest BCUT2D eigenvalue weighted by Crippen LogP contribution is -2.42. The van der Waals surface area contributed by atoms with E-state index in [2.05, 4.69) is 35.8 Å². The zero-order valence-electron chi connectivity index (χ0n) is 21.6. The molecule has 1 aromatic carbocycles. The van der Waals surface area contributed by atoms with E-state index in [0.717, 1.165) is 33.8 Å². The van der Waals surface area contributed by atoms with Gasteiger partial charge in [-0.3, -0.25) is 9.89 Å². The summed E-state index contributed by atoms with van der Waals surface area (Å²) < 4.78 is 39.1. The normalized spacial score (nSPS) is 19.4. The standard InChI is InChI=1S/C27H28F3N7O2S/c1-16-10-18(12-20(11-16)36-25-31-9-6-22(37-25)27(28,29)30)21-15-32-24(40-21)26(39)7-4-19(5-8-26)35-23(38)3-2-17-13-33-34-14-17/h6,9-15,19,39H,2-5,7-8H2,1H3,(H,33,34)(H,35,38)(H,31,36,37)/t19-,26+. The van der Waals surface area contributed by atoms with Crippen LogP contribution in [0.1, 0.15) is 53.9 Å². The highest BCUT2D eigenvalue weighted by Gasteiger charge is 2.38. The Bertz CT molecular complexity index is 1470. The van der Waals surface area contributed by atoms with E-state index in [4.69, 9.17) is 0 Å². The van der Waals surface area contributed by atoms with Crippen LogP contribution in [0.3, 0.4) is 0 Å². The minimum absolute atomic E-state index is 0.0000279. The van der Waals surface area contributed by atoms with Gasteiger partial charge in [0.15, 0.2) is 0 Å². The quantitative estimate of drug-likeness (QED) is 0.227. The van der Waals surface area contributed by atoms with Gasteiger partial charge in [0.1, 0.15) is 16.3 Å². The first-order chi connectivity index (χ1) is 19.1. The summed E-state index contributed by atoms with van der Waals surface area (Å²) >= 11 is 1.38. The summed E-state index contributed by atoms with van der Waals surface area (Å²) in [4.78, 5) is 25.2. The number of anilines is 2. The number of nitrogens with one attached hydrogen (secondary N) is 3. The number of alkyl halides is 3. The van der Waals surface area contributed by atoms with Crippen molar-refractivity contribution in [3.8, 4) is 10.4 Å². The summed E-state index contributed by atoms with van der Waals surface area (Å²) in [5.74, 6) is -0.177. The Morgan fingerprint density at radius 2 is 2.00 bits per heavy atom. The number of carbonyl (C=O) groups excluding carboxylic acids is 1. The number of hydrogen-bond donors (Lipinski definition) is 4. The monoisotopic (exact) mass is 571 g/mol. The zero-order valence-corrected chi connectivity index (χ0v) is 22.4. The molecule has 5 rings (SSSR count). The molecule has 1 aliphatic rings. The molecule has 0 saturated heterocycles. The first-order valence-corrected chi connectivity index (χ1v) is 13.6. The number of aromatic nitrogens is 5. The highest BCUT2D eigenvalue weighted by atomic mass is 32.1.